The molecule has 1 saturated heterocycles. The highest BCUT2D eigenvalue weighted by Gasteiger charge is 2.41. The smallest absolute Gasteiger partial charge is 0.338 e. The average Bonchev–Trinajstić information content (AvgIpc) is 3.49. The van der Waals surface area contributed by atoms with E-state index in [0.29, 0.717) is 34.8 Å². The van der Waals surface area contributed by atoms with Crippen molar-refractivity contribution in [2.75, 3.05) is 6.61 Å². The molecule has 3 atom stereocenters. The van der Waals surface area contributed by atoms with Crippen LogP contribution in [-0.2, 0) is 20.6 Å². The van der Waals surface area contributed by atoms with Crippen molar-refractivity contribution in [3.63, 3.8) is 0 Å². The van der Waals surface area contributed by atoms with Gasteiger partial charge in [-0.25, -0.2) is 19.6 Å². The second-order valence-electron chi connectivity index (χ2n) is 8.44. The summed E-state index contributed by atoms with van der Waals surface area (Å²) >= 11 is 6.39. The van der Waals surface area contributed by atoms with Gasteiger partial charge < -0.3 is 18.8 Å². The maximum atomic E-state index is 12.9. The van der Waals surface area contributed by atoms with Crippen molar-refractivity contribution < 1.29 is 23.8 Å². The van der Waals surface area contributed by atoms with Crippen LogP contribution in [0.25, 0.3) is 11.0 Å². The molecule has 3 unspecified atom stereocenters. The van der Waals surface area contributed by atoms with Crippen LogP contribution < -0.4 is 0 Å². The monoisotopic (exact) mass is 505 g/mol. The Hall–Kier alpha value is -3.75. The van der Waals surface area contributed by atoms with E-state index in [2.05, 4.69) is 9.97 Å². The summed E-state index contributed by atoms with van der Waals surface area (Å²) in [6.45, 7) is 2.02. The number of halogens is 1. The van der Waals surface area contributed by atoms with Crippen molar-refractivity contribution in [2.24, 2.45) is 0 Å². The molecule has 0 N–H and O–H groups in total. The van der Waals surface area contributed by atoms with Gasteiger partial charge in [-0.3, -0.25) is 0 Å². The van der Waals surface area contributed by atoms with Gasteiger partial charge in [0.15, 0.2) is 6.23 Å². The van der Waals surface area contributed by atoms with Gasteiger partial charge >= 0.3 is 11.9 Å². The summed E-state index contributed by atoms with van der Waals surface area (Å²) in [6, 6.07) is 17.5. The summed E-state index contributed by atoms with van der Waals surface area (Å²) < 4.78 is 19.5. The average molecular weight is 506 g/mol. The maximum Gasteiger partial charge on any atom is 0.338 e. The number of aromatic nitrogens is 3. The van der Waals surface area contributed by atoms with E-state index in [1.54, 1.807) is 48.5 Å². The Morgan fingerprint density at radius 1 is 1.03 bits per heavy atom. The lowest BCUT2D eigenvalue weighted by molar-refractivity contribution is -0.0592. The highest BCUT2D eigenvalue weighted by Crippen LogP contribution is 2.37. The lowest BCUT2D eigenvalue weighted by Gasteiger charge is -2.21. The van der Waals surface area contributed by atoms with E-state index in [0.717, 1.165) is 10.9 Å². The molecule has 2 aromatic carbocycles. The molecule has 184 valence electrons. The minimum absolute atomic E-state index is 0.0131. The second kappa shape index (κ2) is 10.5. The Morgan fingerprint density at radius 3 is 2.36 bits per heavy atom. The fourth-order valence-corrected chi connectivity index (χ4v) is 4.61. The number of nitrogens with zero attached hydrogens (tertiary/aromatic N) is 3. The number of ether oxygens (including phenoxy) is 3. The minimum Gasteiger partial charge on any atom is -0.459 e. The van der Waals surface area contributed by atoms with E-state index in [9.17, 15) is 9.59 Å². The van der Waals surface area contributed by atoms with Gasteiger partial charge in [0.05, 0.1) is 22.6 Å². The molecule has 0 amide bonds. The normalized spacial score (nSPS) is 19.3. The molecule has 0 aliphatic carbocycles. The zero-order valence-electron chi connectivity index (χ0n) is 19.5. The fraction of sp³-hybridized carbons (Fsp3) is 0.259. The summed E-state index contributed by atoms with van der Waals surface area (Å²) in [5.74, 6) is -0.907. The first-order chi connectivity index (χ1) is 17.5. The zero-order chi connectivity index (χ0) is 25.1. The number of hydrogen-bond acceptors (Lipinski definition) is 7. The SMILES string of the molecule is CCc1cn(C2OC(COC(=O)c3ccccc3)CC2OC(=O)c2ccccc2)c2ncnc(Cl)c12. The van der Waals surface area contributed by atoms with Crippen LogP contribution in [0.5, 0.6) is 0 Å². The van der Waals surface area contributed by atoms with Gasteiger partial charge in [0.1, 0.15) is 29.8 Å². The molecule has 1 aliphatic rings. The van der Waals surface area contributed by atoms with Gasteiger partial charge in [-0.15, -0.1) is 0 Å². The Kier molecular flexibility index (Phi) is 6.97. The Labute approximate surface area is 212 Å². The van der Waals surface area contributed by atoms with Crippen LogP contribution in [0, 0.1) is 0 Å². The van der Waals surface area contributed by atoms with E-state index in [1.165, 1.54) is 6.33 Å². The van der Waals surface area contributed by atoms with Gasteiger partial charge in [-0.05, 0) is 36.2 Å². The quantitative estimate of drug-likeness (QED) is 0.257. The van der Waals surface area contributed by atoms with Crippen LogP contribution >= 0.6 is 11.6 Å². The molecule has 0 bridgehead atoms. The molecule has 3 heterocycles. The summed E-state index contributed by atoms with van der Waals surface area (Å²) in [5, 5.41) is 1.08. The number of benzene rings is 2. The van der Waals surface area contributed by atoms with Crippen LogP contribution in [0.1, 0.15) is 45.9 Å². The van der Waals surface area contributed by atoms with Crippen molar-refractivity contribution in [2.45, 2.75) is 38.2 Å². The number of rotatable bonds is 7. The first-order valence-electron chi connectivity index (χ1n) is 11.7. The highest BCUT2D eigenvalue weighted by molar-refractivity contribution is 6.34. The van der Waals surface area contributed by atoms with Crippen LogP contribution in [0.3, 0.4) is 0 Å². The van der Waals surface area contributed by atoms with E-state index in [1.807, 2.05) is 29.8 Å². The first kappa shape index (κ1) is 24.0. The Bertz CT molecular complexity index is 1380. The molecule has 36 heavy (non-hydrogen) atoms. The van der Waals surface area contributed by atoms with Crippen molar-refractivity contribution in [1.82, 2.24) is 14.5 Å². The number of hydrogen-bond donors (Lipinski definition) is 0. The molecule has 8 nitrogen and oxygen atoms in total. The van der Waals surface area contributed by atoms with Crippen molar-refractivity contribution in [3.05, 3.63) is 95.0 Å². The van der Waals surface area contributed by atoms with Crippen LogP contribution in [-0.4, -0.2) is 45.3 Å². The van der Waals surface area contributed by atoms with Gasteiger partial charge in [0.2, 0.25) is 0 Å². The van der Waals surface area contributed by atoms with Crippen LogP contribution in [0.2, 0.25) is 5.15 Å². The Morgan fingerprint density at radius 2 is 1.69 bits per heavy atom. The van der Waals surface area contributed by atoms with E-state index in [-0.39, 0.29) is 6.61 Å². The second-order valence-corrected chi connectivity index (χ2v) is 8.79. The maximum absolute atomic E-state index is 12.9. The number of aryl methyl sites for hydroxylation is 1. The molecule has 0 saturated carbocycles. The lowest BCUT2D eigenvalue weighted by atomic mass is 10.2. The molecule has 0 radical (unpaired) electrons. The third-order valence-corrected chi connectivity index (χ3v) is 6.41. The van der Waals surface area contributed by atoms with Crippen molar-refractivity contribution in [1.29, 1.82) is 0 Å². The van der Waals surface area contributed by atoms with Gasteiger partial charge in [-0.2, -0.15) is 0 Å². The van der Waals surface area contributed by atoms with Crippen molar-refractivity contribution in [3.8, 4) is 0 Å². The van der Waals surface area contributed by atoms with Crippen LogP contribution in [0.4, 0.5) is 0 Å². The summed E-state index contributed by atoms with van der Waals surface area (Å²) in [4.78, 5) is 33.9. The van der Waals surface area contributed by atoms with Gasteiger partial charge in [0, 0.05) is 12.6 Å². The summed E-state index contributed by atoms with van der Waals surface area (Å²) in [7, 11) is 0. The molecule has 1 fully saturated rings. The van der Waals surface area contributed by atoms with E-state index < -0.39 is 30.4 Å². The number of carbonyl (C=O) groups is 2. The molecule has 5 rings (SSSR count). The highest BCUT2D eigenvalue weighted by atomic mass is 35.5. The molecule has 9 heteroatoms. The van der Waals surface area contributed by atoms with E-state index >= 15 is 0 Å². The largest absolute Gasteiger partial charge is 0.459 e. The number of esters is 2. The van der Waals surface area contributed by atoms with Gasteiger partial charge in [-0.1, -0.05) is 54.9 Å². The summed E-state index contributed by atoms with van der Waals surface area (Å²) in [5.41, 5.74) is 2.42. The third-order valence-electron chi connectivity index (χ3n) is 6.12. The predicted octanol–water partition coefficient (Wildman–Crippen LogP) is 5.02. The molecular formula is C27H24ClN3O5. The lowest BCUT2D eigenvalue weighted by Crippen LogP contribution is -2.25. The Balaban J connectivity index is 1.41. The molecule has 0 spiro atoms. The first-order valence-corrected chi connectivity index (χ1v) is 12.1. The van der Waals surface area contributed by atoms with Crippen molar-refractivity contribution >= 4 is 34.6 Å². The molecule has 2 aromatic heterocycles. The number of carbonyl (C=O) groups excluding carboxylic acids is 2. The molecule has 1 aliphatic heterocycles. The van der Waals surface area contributed by atoms with Crippen LogP contribution in [0.15, 0.2) is 73.2 Å². The molecule has 4 aromatic rings. The third kappa shape index (κ3) is 4.82. The molecular weight excluding hydrogens is 482 g/mol. The standard InChI is InChI=1S/C27H24ClN3O5/c1-2-17-14-31(24-22(17)23(28)29-16-30-24)25-21(36-27(33)19-11-7-4-8-12-19)13-20(35-25)15-34-26(32)18-9-5-3-6-10-18/h3-12,14,16,20-21,25H,2,13,15H2,1H3. The number of fused-ring (bicyclic) bond motifs is 1. The van der Waals surface area contributed by atoms with Gasteiger partial charge in [0.25, 0.3) is 0 Å². The fourth-order valence-electron chi connectivity index (χ4n) is 4.36. The minimum atomic E-state index is -0.688. The summed E-state index contributed by atoms with van der Waals surface area (Å²) in [6.07, 6.45) is 2.51. The topological polar surface area (TPSA) is 92.5 Å². The zero-order valence-corrected chi connectivity index (χ0v) is 20.3. The predicted molar refractivity (Wildman–Crippen MR) is 133 cm³/mol. The van der Waals surface area contributed by atoms with E-state index in [4.69, 9.17) is 25.8 Å².